The lowest BCUT2D eigenvalue weighted by Gasteiger charge is -2.25. The molecule has 1 aliphatic heterocycles. The Bertz CT molecular complexity index is 765. The lowest BCUT2D eigenvalue weighted by atomic mass is 9.84. The van der Waals surface area contributed by atoms with E-state index in [1.54, 1.807) is 6.07 Å². The van der Waals surface area contributed by atoms with E-state index in [2.05, 4.69) is 15.6 Å². The minimum atomic E-state index is -4.37. The SMILES string of the molecule is CCNC(=NCC(C)(C)c1cccc(C(F)(F)F)c1)NC1CCN(C(=O)C(C)C)C1.I. The van der Waals surface area contributed by atoms with Crippen molar-refractivity contribution in [1.82, 2.24) is 15.5 Å². The van der Waals surface area contributed by atoms with Crippen LogP contribution < -0.4 is 10.6 Å². The van der Waals surface area contributed by atoms with E-state index in [4.69, 9.17) is 0 Å². The number of hydrogen-bond donors (Lipinski definition) is 2. The fourth-order valence-corrected chi connectivity index (χ4v) is 3.44. The fourth-order valence-electron chi connectivity index (χ4n) is 3.44. The van der Waals surface area contributed by atoms with Gasteiger partial charge in [0.2, 0.25) is 5.91 Å². The third-order valence-corrected chi connectivity index (χ3v) is 5.28. The first-order chi connectivity index (χ1) is 13.9. The summed E-state index contributed by atoms with van der Waals surface area (Å²) < 4.78 is 39.2. The summed E-state index contributed by atoms with van der Waals surface area (Å²) in [6, 6.07) is 5.52. The third-order valence-electron chi connectivity index (χ3n) is 5.28. The van der Waals surface area contributed by atoms with E-state index in [9.17, 15) is 18.0 Å². The van der Waals surface area contributed by atoms with Crippen LogP contribution in [0.2, 0.25) is 0 Å². The van der Waals surface area contributed by atoms with Crippen molar-refractivity contribution in [3.63, 3.8) is 0 Å². The quantitative estimate of drug-likeness (QED) is 0.311. The van der Waals surface area contributed by atoms with Crippen molar-refractivity contribution in [2.24, 2.45) is 10.9 Å². The normalized spacial score (nSPS) is 17.5. The molecule has 31 heavy (non-hydrogen) atoms. The summed E-state index contributed by atoms with van der Waals surface area (Å²) in [7, 11) is 0. The maximum absolute atomic E-state index is 13.1. The molecule has 1 atom stereocenters. The molecule has 1 aromatic rings. The number of amides is 1. The van der Waals surface area contributed by atoms with E-state index in [0.29, 0.717) is 37.7 Å². The van der Waals surface area contributed by atoms with Crippen LogP contribution in [0.1, 0.15) is 52.2 Å². The molecule has 176 valence electrons. The van der Waals surface area contributed by atoms with Crippen LogP contribution in [0, 0.1) is 5.92 Å². The van der Waals surface area contributed by atoms with Crippen molar-refractivity contribution in [2.45, 2.75) is 58.7 Å². The number of nitrogens with zero attached hydrogens (tertiary/aromatic N) is 2. The van der Waals surface area contributed by atoms with Gasteiger partial charge in [-0.3, -0.25) is 9.79 Å². The van der Waals surface area contributed by atoms with Crippen LogP contribution in [-0.4, -0.2) is 49.0 Å². The van der Waals surface area contributed by atoms with Gasteiger partial charge in [0.05, 0.1) is 12.1 Å². The number of likely N-dealkylation sites (tertiary alicyclic amines) is 1. The predicted octanol–water partition coefficient (Wildman–Crippen LogP) is 4.41. The molecule has 0 radical (unpaired) electrons. The largest absolute Gasteiger partial charge is 0.416 e. The van der Waals surface area contributed by atoms with Crippen LogP contribution >= 0.6 is 24.0 Å². The summed E-state index contributed by atoms with van der Waals surface area (Å²) in [5.74, 6) is 0.729. The minimum absolute atomic E-state index is 0. The van der Waals surface area contributed by atoms with E-state index in [1.165, 1.54) is 12.1 Å². The number of benzene rings is 1. The second-order valence-corrected chi connectivity index (χ2v) is 8.73. The number of alkyl halides is 3. The van der Waals surface area contributed by atoms with Crippen LogP contribution in [0.3, 0.4) is 0 Å². The smallest absolute Gasteiger partial charge is 0.357 e. The van der Waals surface area contributed by atoms with Gasteiger partial charge in [0, 0.05) is 37.0 Å². The third kappa shape index (κ3) is 7.84. The van der Waals surface area contributed by atoms with Crippen molar-refractivity contribution in [3.05, 3.63) is 35.4 Å². The molecule has 0 spiro atoms. The monoisotopic (exact) mass is 554 g/mol. The zero-order valence-corrected chi connectivity index (χ0v) is 21.2. The summed E-state index contributed by atoms with van der Waals surface area (Å²) >= 11 is 0. The zero-order valence-electron chi connectivity index (χ0n) is 18.8. The molecule has 1 heterocycles. The van der Waals surface area contributed by atoms with Crippen molar-refractivity contribution in [2.75, 3.05) is 26.2 Å². The Morgan fingerprint density at radius 3 is 2.48 bits per heavy atom. The van der Waals surface area contributed by atoms with Gasteiger partial charge in [-0.05, 0) is 25.0 Å². The Morgan fingerprint density at radius 1 is 1.26 bits per heavy atom. The topological polar surface area (TPSA) is 56.7 Å². The molecular weight excluding hydrogens is 520 g/mol. The maximum Gasteiger partial charge on any atom is 0.416 e. The van der Waals surface area contributed by atoms with Gasteiger partial charge in [-0.1, -0.05) is 45.9 Å². The van der Waals surface area contributed by atoms with Crippen molar-refractivity contribution in [1.29, 1.82) is 0 Å². The number of nitrogens with one attached hydrogen (secondary N) is 2. The number of rotatable bonds is 6. The molecule has 1 unspecified atom stereocenters. The molecule has 1 fully saturated rings. The average molecular weight is 554 g/mol. The molecule has 1 aliphatic rings. The van der Waals surface area contributed by atoms with Crippen LogP contribution in [0.5, 0.6) is 0 Å². The van der Waals surface area contributed by atoms with Gasteiger partial charge in [0.25, 0.3) is 0 Å². The second kappa shape index (κ2) is 11.4. The minimum Gasteiger partial charge on any atom is -0.357 e. The van der Waals surface area contributed by atoms with Crippen LogP contribution in [0.25, 0.3) is 0 Å². The van der Waals surface area contributed by atoms with Gasteiger partial charge in [0.15, 0.2) is 5.96 Å². The van der Waals surface area contributed by atoms with Crippen LogP contribution in [0.4, 0.5) is 13.2 Å². The second-order valence-electron chi connectivity index (χ2n) is 8.73. The Hall–Kier alpha value is -1.52. The molecule has 0 aromatic heterocycles. The Kier molecular flexibility index (Phi) is 10.1. The number of aliphatic imine (C=N–C) groups is 1. The molecule has 1 amide bonds. The predicted molar refractivity (Wildman–Crippen MR) is 129 cm³/mol. The van der Waals surface area contributed by atoms with Crippen molar-refractivity contribution < 1.29 is 18.0 Å². The summed E-state index contributed by atoms with van der Waals surface area (Å²) in [6.45, 7) is 11.8. The highest BCUT2D eigenvalue weighted by atomic mass is 127. The molecule has 0 saturated carbocycles. The fraction of sp³-hybridized carbons (Fsp3) is 0.636. The lowest BCUT2D eigenvalue weighted by molar-refractivity contribution is -0.137. The molecule has 1 aromatic carbocycles. The molecule has 2 rings (SSSR count). The summed E-state index contributed by atoms with van der Waals surface area (Å²) in [6.07, 6.45) is -3.53. The first-order valence-corrected chi connectivity index (χ1v) is 10.5. The van der Waals surface area contributed by atoms with Gasteiger partial charge >= 0.3 is 6.18 Å². The lowest BCUT2D eigenvalue weighted by Crippen LogP contribution is -2.45. The average Bonchev–Trinajstić information content (AvgIpc) is 3.13. The summed E-state index contributed by atoms with van der Waals surface area (Å²) in [5, 5.41) is 6.56. The van der Waals surface area contributed by atoms with E-state index in [-0.39, 0.29) is 41.8 Å². The standard InChI is InChI=1S/C22H33F3N4O.HI/c1-6-26-20(28-18-10-11-29(13-18)19(30)15(2)3)27-14-21(4,5)16-8-7-9-17(12-16)22(23,24)25;/h7-9,12,15,18H,6,10-11,13-14H2,1-5H3,(H2,26,27,28);1H. The van der Waals surface area contributed by atoms with Crippen LogP contribution in [0.15, 0.2) is 29.3 Å². The molecule has 5 nitrogen and oxygen atoms in total. The number of carbonyl (C=O) groups excluding carboxylic acids is 1. The van der Waals surface area contributed by atoms with Gasteiger partial charge in [-0.15, -0.1) is 24.0 Å². The van der Waals surface area contributed by atoms with Crippen LogP contribution in [-0.2, 0) is 16.4 Å². The van der Waals surface area contributed by atoms with Gasteiger partial charge in [0.1, 0.15) is 0 Å². The molecule has 9 heteroatoms. The van der Waals surface area contributed by atoms with Gasteiger partial charge in [-0.2, -0.15) is 13.2 Å². The Balaban J connectivity index is 0.00000480. The molecule has 0 aliphatic carbocycles. The first-order valence-electron chi connectivity index (χ1n) is 10.5. The van der Waals surface area contributed by atoms with Crippen molar-refractivity contribution in [3.8, 4) is 0 Å². The molecule has 1 saturated heterocycles. The van der Waals surface area contributed by atoms with E-state index < -0.39 is 17.2 Å². The van der Waals surface area contributed by atoms with E-state index >= 15 is 0 Å². The highest BCUT2D eigenvalue weighted by molar-refractivity contribution is 14.0. The molecule has 0 bridgehead atoms. The summed E-state index contributed by atoms with van der Waals surface area (Å²) in [4.78, 5) is 18.7. The van der Waals surface area contributed by atoms with E-state index in [0.717, 1.165) is 12.5 Å². The first kappa shape index (κ1) is 27.5. The highest BCUT2D eigenvalue weighted by Crippen LogP contribution is 2.33. The number of guanidine groups is 1. The molecule has 2 N–H and O–H groups in total. The van der Waals surface area contributed by atoms with Crippen molar-refractivity contribution >= 4 is 35.8 Å². The molecular formula is C22H34F3IN4O. The number of halogens is 4. The Labute approximate surface area is 200 Å². The van der Waals surface area contributed by atoms with E-state index in [1.807, 2.05) is 39.5 Å². The summed E-state index contributed by atoms with van der Waals surface area (Å²) in [5.41, 5.74) is -0.631. The highest BCUT2D eigenvalue weighted by Gasteiger charge is 2.32. The number of carbonyl (C=O) groups is 1. The Morgan fingerprint density at radius 2 is 1.90 bits per heavy atom. The van der Waals surface area contributed by atoms with Gasteiger partial charge < -0.3 is 15.5 Å². The zero-order chi connectivity index (χ0) is 22.5. The maximum atomic E-state index is 13.1. The van der Waals surface area contributed by atoms with Gasteiger partial charge in [-0.25, -0.2) is 0 Å². The number of hydrogen-bond acceptors (Lipinski definition) is 2.